The Morgan fingerprint density at radius 1 is 1.17 bits per heavy atom. The van der Waals surface area contributed by atoms with E-state index in [1.165, 1.54) is 6.92 Å². The molecule has 0 spiro atoms. The number of nitrogens with one attached hydrogen (secondary N) is 1. The number of halogens is 3. The summed E-state index contributed by atoms with van der Waals surface area (Å²) in [6.07, 6.45) is 2.60. The van der Waals surface area contributed by atoms with Crippen molar-refractivity contribution in [1.82, 2.24) is 9.62 Å². The van der Waals surface area contributed by atoms with Crippen molar-refractivity contribution in [1.29, 1.82) is 0 Å². The largest absolute Gasteiger partial charge is 0.355 e. The first kappa shape index (κ1) is 22.0. The molecule has 2 aliphatic rings. The van der Waals surface area contributed by atoms with E-state index in [9.17, 15) is 26.4 Å². The van der Waals surface area contributed by atoms with Gasteiger partial charge in [-0.05, 0) is 49.7 Å². The van der Waals surface area contributed by atoms with Gasteiger partial charge in [0, 0.05) is 37.7 Å². The number of amides is 1. The summed E-state index contributed by atoms with van der Waals surface area (Å²) in [7, 11) is -3.51. The predicted octanol–water partition coefficient (Wildman–Crippen LogP) is 1.68. The second-order valence-electron chi connectivity index (χ2n) is 7.97. The molecule has 1 aromatic carbocycles. The molecule has 0 saturated carbocycles. The summed E-state index contributed by atoms with van der Waals surface area (Å²) in [6.45, 7) is 1.39. The van der Waals surface area contributed by atoms with E-state index in [1.54, 1.807) is 4.31 Å². The van der Waals surface area contributed by atoms with Gasteiger partial charge in [-0.3, -0.25) is 4.79 Å². The molecule has 2 saturated heterocycles. The number of piperidine rings is 1. The standard InChI is InChI=1S/C19H26F3N3O3S/c1-11(26)24-4-5-29(27,28)25-14-2-3-15(25)7-13(6-14)19(23)9-12-8-17(21)18(22)10-16(12)20/h8,10,13-15,19H,2-7,9,23H2,1H3,(H,24,26)/t13?,14-,15+,19-/m0/s1. The van der Waals surface area contributed by atoms with Crippen LogP contribution in [0.2, 0.25) is 0 Å². The van der Waals surface area contributed by atoms with Crippen LogP contribution in [0.15, 0.2) is 12.1 Å². The number of hydrogen-bond acceptors (Lipinski definition) is 4. The summed E-state index contributed by atoms with van der Waals surface area (Å²) in [4.78, 5) is 11.0. The lowest BCUT2D eigenvalue weighted by Crippen LogP contribution is -2.51. The van der Waals surface area contributed by atoms with Gasteiger partial charge in [-0.25, -0.2) is 21.6 Å². The number of fused-ring (bicyclic) bond motifs is 2. The highest BCUT2D eigenvalue weighted by Gasteiger charge is 2.47. The third kappa shape index (κ3) is 4.92. The lowest BCUT2D eigenvalue weighted by Gasteiger charge is -2.40. The third-order valence-corrected chi connectivity index (χ3v) is 7.87. The average molecular weight is 433 g/mol. The van der Waals surface area contributed by atoms with Crippen LogP contribution in [0.4, 0.5) is 13.2 Å². The molecule has 162 valence electrons. The van der Waals surface area contributed by atoms with Crippen LogP contribution in [0.3, 0.4) is 0 Å². The van der Waals surface area contributed by atoms with Crippen LogP contribution >= 0.6 is 0 Å². The van der Waals surface area contributed by atoms with Crippen LogP contribution in [0.1, 0.15) is 38.2 Å². The maximum Gasteiger partial charge on any atom is 0.216 e. The summed E-state index contributed by atoms with van der Waals surface area (Å²) < 4.78 is 67.5. The maximum absolute atomic E-state index is 13.9. The second kappa shape index (κ2) is 8.61. The van der Waals surface area contributed by atoms with Gasteiger partial charge >= 0.3 is 0 Å². The molecule has 10 heteroatoms. The zero-order valence-electron chi connectivity index (χ0n) is 16.2. The Bertz CT molecular complexity index is 867. The fourth-order valence-corrected chi connectivity index (χ4v) is 6.44. The number of rotatable bonds is 7. The van der Waals surface area contributed by atoms with E-state index in [0.29, 0.717) is 18.9 Å². The fraction of sp³-hybridized carbons (Fsp3) is 0.632. The quantitative estimate of drug-likeness (QED) is 0.640. The first-order valence-electron chi connectivity index (χ1n) is 9.73. The molecular formula is C19H26F3N3O3S. The van der Waals surface area contributed by atoms with Crippen LogP contribution in [0.25, 0.3) is 0 Å². The number of nitrogens with zero attached hydrogens (tertiary/aromatic N) is 1. The van der Waals surface area contributed by atoms with Gasteiger partial charge < -0.3 is 11.1 Å². The van der Waals surface area contributed by atoms with Crippen molar-refractivity contribution in [3.8, 4) is 0 Å². The van der Waals surface area contributed by atoms with E-state index in [0.717, 1.165) is 18.9 Å². The van der Waals surface area contributed by atoms with E-state index in [1.807, 2.05) is 0 Å². The zero-order chi connectivity index (χ0) is 21.3. The first-order chi connectivity index (χ1) is 13.6. The molecule has 29 heavy (non-hydrogen) atoms. The maximum atomic E-state index is 13.9. The highest BCUT2D eigenvalue weighted by molar-refractivity contribution is 7.89. The van der Waals surface area contributed by atoms with E-state index >= 15 is 0 Å². The molecule has 2 heterocycles. The summed E-state index contributed by atoms with van der Waals surface area (Å²) in [5.74, 6) is -3.67. The van der Waals surface area contributed by atoms with Crippen LogP contribution in [-0.4, -0.2) is 49.1 Å². The molecule has 0 aromatic heterocycles. The minimum atomic E-state index is -3.51. The van der Waals surface area contributed by atoms with Crippen molar-refractivity contribution in [3.05, 3.63) is 35.1 Å². The Morgan fingerprint density at radius 3 is 2.34 bits per heavy atom. The monoisotopic (exact) mass is 433 g/mol. The normalized spacial score (nSPS) is 25.8. The van der Waals surface area contributed by atoms with Crippen molar-refractivity contribution in [2.45, 2.75) is 57.2 Å². The van der Waals surface area contributed by atoms with Gasteiger partial charge in [0.15, 0.2) is 11.6 Å². The number of carbonyl (C=O) groups is 1. The van der Waals surface area contributed by atoms with E-state index in [4.69, 9.17) is 5.73 Å². The second-order valence-corrected chi connectivity index (χ2v) is 9.96. The molecule has 4 atom stereocenters. The van der Waals surface area contributed by atoms with Crippen LogP contribution in [-0.2, 0) is 21.2 Å². The molecule has 2 aliphatic heterocycles. The minimum absolute atomic E-state index is 0.0223. The molecule has 2 bridgehead atoms. The van der Waals surface area contributed by atoms with Crippen LogP contribution in [0, 0.1) is 23.4 Å². The van der Waals surface area contributed by atoms with Crippen molar-refractivity contribution >= 4 is 15.9 Å². The Labute approximate surface area is 168 Å². The molecule has 2 fully saturated rings. The van der Waals surface area contributed by atoms with Gasteiger partial charge in [0.25, 0.3) is 0 Å². The minimum Gasteiger partial charge on any atom is -0.355 e. The van der Waals surface area contributed by atoms with Crippen molar-refractivity contribution in [2.24, 2.45) is 11.7 Å². The highest BCUT2D eigenvalue weighted by atomic mass is 32.2. The van der Waals surface area contributed by atoms with Gasteiger partial charge in [-0.15, -0.1) is 0 Å². The molecular weight excluding hydrogens is 407 g/mol. The number of nitrogens with two attached hydrogens (primary N) is 1. The molecule has 3 N–H and O–H groups in total. The molecule has 3 rings (SSSR count). The molecule has 1 unspecified atom stereocenters. The summed E-state index contributed by atoms with van der Waals surface area (Å²) in [5.41, 5.74) is 6.28. The van der Waals surface area contributed by atoms with Gasteiger partial charge in [-0.2, -0.15) is 4.31 Å². The lowest BCUT2D eigenvalue weighted by atomic mass is 9.83. The van der Waals surface area contributed by atoms with E-state index in [-0.39, 0.29) is 48.2 Å². The van der Waals surface area contributed by atoms with Crippen LogP contribution in [0.5, 0.6) is 0 Å². The van der Waals surface area contributed by atoms with Crippen molar-refractivity contribution < 1.29 is 26.4 Å². The Balaban J connectivity index is 1.65. The Hall–Kier alpha value is -1.65. The molecule has 1 amide bonds. The van der Waals surface area contributed by atoms with E-state index < -0.39 is 33.5 Å². The van der Waals surface area contributed by atoms with Gasteiger partial charge in [0.1, 0.15) is 5.82 Å². The van der Waals surface area contributed by atoms with Gasteiger partial charge in [0.2, 0.25) is 15.9 Å². The fourth-order valence-electron chi connectivity index (χ4n) is 4.58. The van der Waals surface area contributed by atoms with Crippen molar-refractivity contribution in [2.75, 3.05) is 12.3 Å². The molecule has 0 radical (unpaired) electrons. The Morgan fingerprint density at radius 2 is 1.76 bits per heavy atom. The zero-order valence-corrected chi connectivity index (χ0v) is 17.0. The Kier molecular flexibility index (Phi) is 6.54. The number of carbonyl (C=O) groups excluding carboxylic acids is 1. The highest BCUT2D eigenvalue weighted by Crippen LogP contribution is 2.41. The van der Waals surface area contributed by atoms with Gasteiger partial charge in [-0.1, -0.05) is 0 Å². The smallest absolute Gasteiger partial charge is 0.216 e. The average Bonchev–Trinajstić information content (AvgIpc) is 2.90. The SMILES string of the molecule is CC(=O)NCCS(=O)(=O)N1[C@@H]2CC[C@H]1CC([C@@H](N)Cc1cc(F)c(F)cc1F)C2. The number of hydrogen-bond donors (Lipinski definition) is 2. The van der Waals surface area contributed by atoms with Gasteiger partial charge in [0.05, 0.1) is 5.75 Å². The number of benzene rings is 1. The van der Waals surface area contributed by atoms with Crippen molar-refractivity contribution in [3.63, 3.8) is 0 Å². The summed E-state index contributed by atoms with van der Waals surface area (Å²) in [6, 6.07) is 0.511. The first-order valence-corrected chi connectivity index (χ1v) is 11.3. The third-order valence-electron chi connectivity index (χ3n) is 5.91. The summed E-state index contributed by atoms with van der Waals surface area (Å²) >= 11 is 0. The number of sulfonamides is 1. The summed E-state index contributed by atoms with van der Waals surface area (Å²) in [5, 5.41) is 2.50. The lowest BCUT2D eigenvalue weighted by molar-refractivity contribution is -0.118. The molecule has 6 nitrogen and oxygen atoms in total. The molecule has 1 aromatic rings. The van der Waals surface area contributed by atoms with Crippen LogP contribution < -0.4 is 11.1 Å². The molecule has 0 aliphatic carbocycles. The predicted molar refractivity (Wildman–Crippen MR) is 102 cm³/mol. The van der Waals surface area contributed by atoms with E-state index in [2.05, 4.69) is 5.32 Å². The topological polar surface area (TPSA) is 92.5 Å².